The van der Waals surface area contributed by atoms with Crippen LogP contribution in [0.1, 0.15) is 58.3 Å². The summed E-state index contributed by atoms with van der Waals surface area (Å²) in [6, 6.07) is 0.386. The van der Waals surface area contributed by atoms with Crippen molar-refractivity contribution in [1.82, 2.24) is 4.90 Å². The fraction of sp³-hybridized carbons (Fsp3) is 0.824. The van der Waals surface area contributed by atoms with Crippen LogP contribution in [0.15, 0.2) is 12.2 Å². The maximum Gasteiger partial charge on any atom is 0.307 e. The van der Waals surface area contributed by atoms with Crippen LogP contribution in [0.2, 0.25) is 0 Å². The number of nitrogens with zero attached hydrogens (tertiary/aromatic N) is 1. The van der Waals surface area contributed by atoms with E-state index in [4.69, 9.17) is 4.74 Å². The highest BCUT2D eigenvalue weighted by molar-refractivity contribution is 5.70. The van der Waals surface area contributed by atoms with Crippen molar-refractivity contribution in [2.75, 3.05) is 19.7 Å². The summed E-state index contributed by atoms with van der Waals surface area (Å²) in [4.78, 5) is 14.5. The molecule has 0 saturated carbocycles. The number of hydrogen-bond acceptors (Lipinski definition) is 3. The van der Waals surface area contributed by atoms with Crippen molar-refractivity contribution in [2.24, 2.45) is 5.92 Å². The Bertz CT molecular complexity index is 319. The van der Waals surface area contributed by atoms with Gasteiger partial charge >= 0.3 is 5.97 Å². The Morgan fingerprint density at radius 2 is 2.00 bits per heavy atom. The highest BCUT2D eigenvalue weighted by atomic mass is 16.5. The first-order valence-electron chi connectivity index (χ1n) is 8.36. The number of allylic oxidation sites excluding steroid dienone is 2. The molecule has 0 aromatic heterocycles. The zero-order valence-electron chi connectivity index (χ0n) is 12.9. The standard InChI is InChI=1S/C17H29NO2/c1-2-20-17(19)14-16(15-10-6-5-7-11-15)18-12-8-3-4-9-13-18/h5-6,15-16H,2-4,7-14H2,1H3. The molecule has 0 spiro atoms. The molecule has 0 aromatic carbocycles. The van der Waals surface area contributed by atoms with Gasteiger partial charge in [0.25, 0.3) is 0 Å². The molecule has 20 heavy (non-hydrogen) atoms. The molecule has 0 radical (unpaired) electrons. The van der Waals surface area contributed by atoms with E-state index in [1.165, 1.54) is 32.1 Å². The number of esters is 1. The average Bonchev–Trinajstić information content (AvgIpc) is 2.75. The van der Waals surface area contributed by atoms with Crippen molar-refractivity contribution in [1.29, 1.82) is 0 Å². The average molecular weight is 279 g/mol. The molecule has 2 atom stereocenters. The maximum atomic E-state index is 12.0. The predicted octanol–water partition coefficient (Wildman–Crippen LogP) is 3.54. The molecule has 0 N–H and O–H groups in total. The zero-order valence-corrected chi connectivity index (χ0v) is 12.9. The molecular formula is C17H29NO2. The van der Waals surface area contributed by atoms with Crippen molar-refractivity contribution in [3.05, 3.63) is 12.2 Å². The molecule has 114 valence electrons. The summed E-state index contributed by atoms with van der Waals surface area (Å²) in [7, 11) is 0. The van der Waals surface area contributed by atoms with E-state index < -0.39 is 0 Å². The van der Waals surface area contributed by atoms with Gasteiger partial charge in [-0.15, -0.1) is 0 Å². The first-order chi connectivity index (χ1) is 9.81. The molecule has 2 aliphatic rings. The summed E-state index contributed by atoms with van der Waals surface area (Å²) in [5, 5.41) is 0. The molecule has 1 fully saturated rings. The van der Waals surface area contributed by atoms with Crippen LogP contribution < -0.4 is 0 Å². The maximum absolute atomic E-state index is 12.0. The second-order valence-corrected chi connectivity index (χ2v) is 6.07. The quantitative estimate of drug-likeness (QED) is 0.569. The van der Waals surface area contributed by atoms with Gasteiger partial charge in [-0.05, 0) is 58.0 Å². The van der Waals surface area contributed by atoms with Gasteiger partial charge in [-0.25, -0.2) is 0 Å². The lowest BCUT2D eigenvalue weighted by Crippen LogP contribution is -2.43. The van der Waals surface area contributed by atoms with Crippen molar-refractivity contribution >= 4 is 5.97 Å². The van der Waals surface area contributed by atoms with Crippen LogP contribution in [0, 0.1) is 5.92 Å². The van der Waals surface area contributed by atoms with Crippen molar-refractivity contribution in [3.63, 3.8) is 0 Å². The molecular weight excluding hydrogens is 250 g/mol. The lowest BCUT2D eigenvalue weighted by molar-refractivity contribution is -0.145. The molecule has 1 aliphatic heterocycles. The minimum Gasteiger partial charge on any atom is -0.466 e. The van der Waals surface area contributed by atoms with Gasteiger partial charge in [-0.2, -0.15) is 0 Å². The third-order valence-corrected chi connectivity index (χ3v) is 4.64. The Balaban J connectivity index is 2.01. The number of ether oxygens (including phenoxy) is 1. The minimum atomic E-state index is -0.0173. The largest absolute Gasteiger partial charge is 0.466 e. The van der Waals surface area contributed by atoms with E-state index in [2.05, 4.69) is 17.1 Å². The van der Waals surface area contributed by atoms with E-state index in [-0.39, 0.29) is 5.97 Å². The Labute approximate surface area is 123 Å². The predicted molar refractivity (Wildman–Crippen MR) is 81.6 cm³/mol. The molecule has 3 nitrogen and oxygen atoms in total. The van der Waals surface area contributed by atoms with Crippen LogP contribution in [0.25, 0.3) is 0 Å². The van der Waals surface area contributed by atoms with Gasteiger partial charge in [0.2, 0.25) is 0 Å². The van der Waals surface area contributed by atoms with Crippen LogP contribution in [-0.2, 0) is 9.53 Å². The SMILES string of the molecule is CCOC(=O)CC(C1CC=CCC1)N1CCCCCC1. The second kappa shape index (κ2) is 8.46. The minimum absolute atomic E-state index is 0.0173. The smallest absolute Gasteiger partial charge is 0.307 e. The Hall–Kier alpha value is -0.830. The van der Waals surface area contributed by atoms with E-state index in [1.807, 2.05) is 6.92 Å². The zero-order chi connectivity index (χ0) is 14.2. The highest BCUT2D eigenvalue weighted by Gasteiger charge is 2.30. The molecule has 1 heterocycles. The normalized spacial score (nSPS) is 25.9. The van der Waals surface area contributed by atoms with Gasteiger partial charge in [0.05, 0.1) is 13.0 Å². The third-order valence-electron chi connectivity index (χ3n) is 4.64. The summed E-state index contributed by atoms with van der Waals surface area (Å²) in [6.07, 6.45) is 13.9. The van der Waals surface area contributed by atoms with Gasteiger partial charge in [0, 0.05) is 6.04 Å². The first kappa shape index (κ1) is 15.6. The fourth-order valence-electron chi connectivity index (χ4n) is 3.58. The van der Waals surface area contributed by atoms with E-state index in [9.17, 15) is 4.79 Å². The molecule has 1 saturated heterocycles. The molecule has 0 amide bonds. The second-order valence-electron chi connectivity index (χ2n) is 6.07. The lowest BCUT2D eigenvalue weighted by Gasteiger charge is -2.36. The van der Waals surface area contributed by atoms with Gasteiger partial charge in [0.15, 0.2) is 0 Å². The highest BCUT2D eigenvalue weighted by Crippen LogP contribution is 2.29. The van der Waals surface area contributed by atoms with Crippen LogP contribution in [-0.4, -0.2) is 36.6 Å². The van der Waals surface area contributed by atoms with Gasteiger partial charge in [-0.3, -0.25) is 9.69 Å². The van der Waals surface area contributed by atoms with Gasteiger partial charge in [-0.1, -0.05) is 25.0 Å². The van der Waals surface area contributed by atoms with Crippen molar-refractivity contribution in [3.8, 4) is 0 Å². The summed E-state index contributed by atoms with van der Waals surface area (Å²) in [5.74, 6) is 0.610. The summed E-state index contributed by atoms with van der Waals surface area (Å²) in [5.41, 5.74) is 0. The number of carbonyl (C=O) groups excluding carboxylic acids is 1. The summed E-state index contributed by atoms with van der Waals surface area (Å²) < 4.78 is 5.20. The van der Waals surface area contributed by atoms with E-state index in [0.29, 0.717) is 25.0 Å². The molecule has 2 rings (SSSR count). The van der Waals surface area contributed by atoms with Gasteiger partial charge < -0.3 is 4.74 Å². The third kappa shape index (κ3) is 4.62. The topological polar surface area (TPSA) is 29.5 Å². The molecule has 0 aromatic rings. The Morgan fingerprint density at radius 1 is 1.25 bits per heavy atom. The van der Waals surface area contributed by atoms with Crippen LogP contribution in [0.5, 0.6) is 0 Å². The number of rotatable bonds is 5. The fourth-order valence-corrected chi connectivity index (χ4v) is 3.58. The Morgan fingerprint density at radius 3 is 2.60 bits per heavy atom. The summed E-state index contributed by atoms with van der Waals surface area (Å²) >= 11 is 0. The number of carbonyl (C=O) groups is 1. The number of hydrogen-bond donors (Lipinski definition) is 0. The monoisotopic (exact) mass is 279 g/mol. The number of likely N-dealkylation sites (tertiary alicyclic amines) is 1. The van der Waals surface area contributed by atoms with E-state index in [0.717, 1.165) is 25.9 Å². The molecule has 0 bridgehead atoms. The van der Waals surface area contributed by atoms with E-state index >= 15 is 0 Å². The van der Waals surface area contributed by atoms with Crippen molar-refractivity contribution in [2.45, 2.75) is 64.3 Å². The lowest BCUT2D eigenvalue weighted by atomic mass is 9.85. The molecule has 3 heteroatoms. The van der Waals surface area contributed by atoms with E-state index in [1.54, 1.807) is 0 Å². The van der Waals surface area contributed by atoms with Crippen LogP contribution in [0.3, 0.4) is 0 Å². The first-order valence-corrected chi connectivity index (χ1v) is 8.36. The van der Waals surface area contributed by atoms with Crippen LogP contribution >= 0.6 is 0 Å². The Kier molecular flexibility index (Phi) is 6.58. The van der Waals surface area contributed by atoms with Crippen molar-refractivity contribution < 1.29 is 9.53 Å². The summed E-state index contributed by atoms with van der Waals surface area (Å²) in [6.45, 7) is 4.70. The molecule has 1 aliphatic carbocycles. The van der Waals surface area contributed by atoms with Crippen LogP contribution in [0.4, 0.5) is 0 Å². The van der Waals surface area contributed by atoms with Gasteiger partial charge in [0.1, 0.15) is 0 Å². The molecule has 2 unspecified atom stereocenters.